The fourth-order valence-corrected chi connectivity index (χ4v) is 4.02. The number of rotatable bonds is 5. The summed E-state index contributed by atoms with van der Waals surface area (Å²) in [5.74, 6) is 1.03. The van der Waals surface area contributed by atoms with Gasteiger partial charge >= 0.3 is 0 Å². The number of nitrogens with one attached hydrogen (secondary N) is 1. The third-order valence-electron chi connectivity index (χ3n) is 3.65. The zero-order valence-corrected chi connectivity index (χ0v) is 13.8. The van der Waals surface area contributed by atoms with E-state index >= 15 is 0 Å². The zero-order chi connectivity index (χ0) is 13.9. The smallest absolute Gasteiger partial charge is 0.139 e. The lowest BCUT2D eigenvalue weighted by Gasteiger charge is -2.20. The molecule has 1 N–H and O–H groups in total. The van der Waals surface area contributed by atoms with Crippen LogP contribution in [0.25, 0.3) is 0 Å². The van der Waals surface area contributed by atoms with E-state index < -0.39 is 0 Å². The van der Waals surface area contributed by atoms with Crippen LogP contribution >= 0.6 is 27.3 Å². The number of hydrogen-bond acceptors (Lipinski definition) is 4. The van der Waals surface area contributed by atoms with Crippen molar-refractivity contribution in [1.29, 1.82) is 0 Å². The van der Waals surface area contributed by atoms with Gasteiger partial charge in [-0.05, 0) is 40.7 Å². The predicted octanol–water partition coefficient (Wildman–Crippen LogP) is 3.35. The van der Waals surface area contributed by atoms with Gasteiger partial charge in [-0.25, -0.2) is 4.98 Å². The molecule has 0 radical (unpaired) electrons. The number of ether oxygens (including phenoxy) is 1. The Morgan fingerprint density at radius 1 is 1.60 bits per heavy atom. The topological polar surface area (TPSA) is 39.1 Å². The molecule has 6 heteroatoms. The van der Waals surface area contributed by atoms with Gasteiger partial charge in [0.2, 0.25) is 0 Å². The Kier molecular flexibility index (Phi) is 4.55. The maximum Gasteiger partial charge on any atom is 0.139 e. The molecule has 0 aromatic carbocycles. The Morgan fingerprint density at radius 3 is 3.25 bits per heavy atom. The predicted molar refractivity (Wildman–Crippen MR) is 83.9 cm³/mol. The number of imidazole rings is 1. The monoisotopic (exact) mass is 355 g/mol. The largest absolute Gasteiger partial charge is 0.369 e. The maximum atomic E-state index is 5.90. The highest BCUT2D eigenvalue weighted by Gasteiger charge is 2.32. The highest BCUT2D eigenvalue weighted by molar-refractivity contribution is 9.10. The molecule has 1 saturated heterocycles. The van der Waals surface area contributed by atoms with E-state index in [1.54, 1.807) is 11.3 Å². The summed E-state index contributed by atoms with van der Waals surface area (Å²) in [6.45, 7) is 4.73. The summed E-state index contributed by atoms with van der Waals surface area (Å²) in [6.07, 6.45) is 4.96. The fraction of sp³-hybridized carbons (Fsp3) is 0.500. The molecular formula is C14H18BrN3OS. The first-order valence-corrected chi connectivity index (χ1v) is 8.54. The van der Waals surface area contributed by atoms with E-state index in [2.05, 4.69) is 49.2 Å². The zero-order valence-electron chi connectivity index (χ0n) is 11.4. The van der Waals surface area contributed by atoms with Crippen molar-refractivity contribution in [3.05, 3.63) is 39.0 Å². The van der Waals surface area contributed by atoms with Gasteiger partial charge in [0.15, 0.2) is 0 Å². The second kappa shape index (κ2) is 6.39. The van der Waals surface area contributed by atoms with Crippen molar-refractivity contribution in [2.75, 3.05) is 6.61 Å². The average Bonchev–Trinajstić information content (AvgIpc) is 3.16. The van der Waals surface area contributed by atoms with Crippen molar-refractivity contribution < 1.29 is 4.74 Å². The lowest BCUT2D eigenvalue weighted by atomic mass is 10.1. The van der Waals surface area contributed by atoms with Crippen LogP contribution in [0.1, 0.15) is 30.2 Å². The molecule has 0 bridgehead atoms. The summed E-state index contributed by atoms with van der Waals surface area (Å²) < 4.78 is 9.24. The van der Waals surface area contributed by atoms with Gasteiger partial charge in [0.25, 0.3) is 0 Å². The van der Waals surface area contributed by atoms with Crippen LogP contribution < -0.4 is 5.32 Å². The van der Waals surface area contributed by atoms with Crippen molar-refractivity contribution in [3.63, 3.8) is 0 Å². The third kappa shape index (κ3) is 2.83. The van der Waals surface area contributed by atoms with Crippen LogP contribution in [0.4, 0.5) is 0 Å². The SMILES string of the molecule is CCn1ccnc1[C@H]1OCC[C@@H]1NCc1sccc1Br. The molecule has 0 spiro atoms. The molecule has 20 heavy (non-hydrogen) atoms. The minimum Gasteiger partial charge on any atom is -0.369 e. The van der Waals surface area contributed by atoms with Gasteiger partial charge in [0.1, 0.15) is 11.9 Å². The molecule has 2 aromatic rings. The van der Waals surface area contributed by atoms with Crippen molar-refractivity contribution in [1.82, 2.24) is 14.9 Å². The normalized spacial score (nSPS) is 22.5. The Hall–Kier alpha value is -0.690. The standard InChI is InChI=1S/C14H18BrN3OS/c1-2-18-6-5-16-14(18)13-11(3-7-19-13)17-9-12-10(15)4-8-20-12/h4-6,8,11,13,17H,2-3,7,9H2,1H3/t11-,13-/m0/s1. The van der Waals surface area contributed by atoms with Gasteiger partial charge in [0, 0.05) is 47.5 Å². The van der Waals surface area contributed by atoms with Gasteiger partial charge in [-0.1, -0.05) is 0 Å². The number of aryl methyl sites for hydroxylation is 1. The summed E-state index contributed by atoms with van der Waals surface area (Å²) in [5, 5.41) is 5.72. The van der Waals surface area contributed by atoms with Gasteiger partial charge in [0.05, 0.1) is 0 Å². The van der Waals surface area contributed by atoms with Gasteiger partial charge in [-0.2, -0.15) is 0 Å². The molecule has 108 valence electrons. The van der Waals surface area contributed by atoms with Crippen molar-refractivity contribution in [2.24, 2.45) is 0 Å². The van der Waals surface area contributed by atoms with Crippen molar-refractivity contribution in [3.8, 4) is 0 Å². The number of halogens is 1. The molecular weight excluding hydrogens is 338 g/mol. The summed E-state index contributed by atoms with van der Waals surface area (Å²) in [7, 11) is 0. The Morgan fingerprint density at radius 2 is 2.50 bits per heavy atom. The number of nitrogens with zero attached hydrogens (tertiary/aromatic N) is 2. The first-order valence-electron chi connectivity index (χ1n) is 6.87. The molecule has 2 atom stereocenters. The van der Waals surface area contributed by atoms with Crippen LogP contribution in [-0.4, -0.2) is 22.2 Å². The lowest BCUT2D eigenvalue weighted by molar-refractivity contribution is 0.0886. The highest BCUT2D eigenvalue weighted by Crippen LogP contribution is 2.29. The molecule has 1 aliphatic rings. The van der Waals surface area contributed by atoms with Crippen molar-refractivity contribution in [2.45, 2.75) is 38.6 Å². The summed E-state index contributed by atoms with van der Waals surface area (Å²) >= 11 is 5.34. The molecule has 1 fully saturated rings. The van der Waals surface area contributed by atoms with E-state index in [1.807, 2.05) is 12.4 Å². The Bertz CT molecular complexity index is 568. The molecule has 2 aromatic heterocycles. The molecule has 0 unspecified atom stereocenters. The van der Waals surface area contributed by atoms with Gasteiger partial charge < -0.3 is 14.6 Å². The molecule has 3 heterocycles. The molecule has 3 rings (SSSR count). The van der Waals surface area contributed by atoms with Gasteiger partial charge in [-0.3, -0.25) is 0 Å². The molecule has 0 amide bonds. The van der Waals surface area contributed by atoms with Gasteiger partial charge in [-0.15, -0.1) is 11.3 Å². The summed E-state index contributed by atoms with van der Waals surface area (Å²) in [5.41, 5.74) is 0. The Balaban J connectivity index is 1.68. The third-order valence-corrected chi connectivity index (χ3v) is 5.58. The van der Waals surface area contributed by atoms with E-state index in [0.29, 0.717) is 6.04 Å². The second-order valence-corrected chi connectivity index (χ2v) is 6.69. The number of thiophene rings is 1. The quantitative estimate of drug-likeness (QED) is 0.893. The van der Waals surface area contributed by atoms with E-state index in [-0.39, 0.29) is 6.10 Å². The molecule has 0 aliphatic carbocycles. The van der Waals surface area contributed by atoms with E-state index in [9.17, 15) is 0 Å². The van der Waals surface area contributed by atoms with Crippen LogP contribution in [0.5, 0.6) is 0 Å². The van der Waals surface area contributed by atoms with E-state index in [0.717, 1.165) is 31.9 Å². The molecule has 4 nitrogen and oxygen atoms in total. The van der Waals surface area contributed by atoms with Crippen LogP contribution in [-0.2, 0) is 17.8 Å². The van der Waals surface area contributed by atoms with Crippen LogP contribution in [0, 0.1) is 0 Å². The first-order chi connectivity index (χ1) is 9.79. The average molecular weight is 356 g/mol. The van der Waals surface area contributed by atoms with E-state index in [1.165, 1.54) is 9.35 Å². The fourth-order valence-electron chi connectivity index (χ4n) is 2.57. The second-order valence-electron chi connectivity index (χ2n) is 4.83. The lowest BCUT2D eigenvalue weighted by Crippen LogP contribution is -2.32. The van der Waals surface area contributed by atoms with Crippen LogP contribution in [0.2, 0.25) is 0 Å². The summed E-state index contributed by atoms with van der Waals surface area (Å²) in [6, 6.07) is 2.42. The van der Waals surface area contributed by atoms with E-state index in [4.69, 9.17) is 4.74 Å². The molecule has 1 aliphatic heterocycles. The van der Waals surface area contributed by atoms with Crippen molar-refractivity contribution >= 4 is 27.3 Å². The highest BCUT2D eigenvalue weighted by atomic mass is 79.9. The minimum absolute atomic E-state index is 0.0590. The number of hydrogen-bond donors (Lipinski definition) is 1. The number of aromatic nitrogens is 2. The maximum absolute atomic E-state index is 5.90. The van der Waals surface area contributed by atoms with Crippen LogP contribution in [0.3, 0.4) is 0 Å². The summed E-state index contributed by atoms with van der Waals surface area (Å²) in [4.78, 5) is 5.80. The molecule has 0 saturated carbocycles. The minimum atomic E-state index is 0.0590. The van der Waals surface area contributed by atoms with Crippen LogP contribution in [0.15, 0.2) is 28.3 Å². The first kappa shape index (κ1) is 14.3. The Labute approximate surface area is 131 Å².